The van der Waals surface area contributed by atoms with E-state index in [0.29, 0.717) is 34.8 Å². The summed E-state index contributed by atoms with van der Waals surface area (Å²) in [4.78, 5) is 12.3. The Bertz CT molecular complexity index is 1180. The quantitative estimate of drug-likeness (QED) is 0.386. The van der Waals surface area contributed by atoms with Crippen LogP contribution < -0.4 is 14.8 Å². The van der Waals surface area contributed by atoms with Gasteiger partial charge in [0, 0.05) is 11.3 Å². The number of nitrogens with one attached hydrogen (secondary N) is 1. The molecule has 2 aromatic carbocycles. The topological polar surface area (TPSA) is 91.4 Å². The normalized spacial score (nSPS) is 10.7. The third-order valence-corrected chi connectivity index (χ3v) is 5.59. The first-order valence-electron chi connectivity index (χ1n) is 9.84. The Labute approximate surface area is 189 Å². The largest absolute Gasteiger partial charge is 0.493 e. The zero-order chi connectivity index (χ0) is 22.3. The molecule has 4 aromatic rings. The fourth-order valence-electron chi connectivity index (χ4n) is 3.12. The average Bonchev–Trinajstić information content (AvgIpc) is 3.51. The molecule has 4 rings (SSSR count). The number of amides is 1. The molecule has 164 valence electrons. The molecule has 0 bridgehead atoms. The number of ether oxygens (including phenoxy) is 2. The lowest BCUT2D eigenvalue weighted by molar-refractivity contribution is -0.118. The van der Waals surface area contributed by atoms with Crippen molar-refractivity contribution in [3.8, 4) is 28.6 Å². The Morgan fingerprint density at radius 1 is 1.03 bits per heavy atom. The molecule has 0 saturated heterocycles. The molecular formula is C23H22N4O4S. The molecule has 2 aromatic heterocycles. The van der Waals surface area contributed by atoms with Crippen molar-refractivity contribution in [2.24, 2.45) is 0 Å². The van der Waals surface area contributed by atoms with Gasteiger partial charge < -0.3 is 19.2 Å². The Kier molecular flexibility index (Phi) is 6.76. The van der Waals surface area contributed by atoms with Crippen LogP contribution in [-0.4, -0.2) is 40.6 Å². The van der Waals surface area contributed by atoms with Crippen LogP contribution in [0.5, 0.6) is 11.5 Å². The van der Waals surface area contributed by atoms with E-state index in [1.165, 1.54) is 11.8 Å². The molecule has 2 heterocycles. The van der Waals surface area contributed by atoms with Crippen molar-refractivity contribution in [1.29, 1.82) is 0 Å². The summed E-state index contributed by atoms with van der Waals surface area (Å²) in [7, 11) is 3.18. The Balaban J connectivity index is 1.59. The molecule has 0 radical (unpaired) electrons. The van der Waals surface area contributed by atoms with E-state index in [1.807, 2.05) is 59.2 Å². The van der Waals surface area contributed by atoms with Crippen molar-refractivity contribution < 1.29 is 18.7 Å². The standard InChI is InChI=1S/C23H22N4O4S/c1-29-19-11-10-16(13-20(19)30-2)22-25-26-23(27(22)17-7-4-3-5-8-17)32-15-21(28)24-14-18-9-6-12-31-18/h3-13H,14-15H2,1-2H3,(H,24,28). The summed E-state index contributed by atoms with van der Waals surface area (Å²) in [5, 5.41) is 12.2. The minimum Gasteiger partial charge on any atom is -0.493 e. The van der Waals surface area contributed by atoms with Crippen molar-refractivity contribution in [3.05, 3.63) is 72.7 Å². The Morgan fingerprint density at radius 2 is 1.84 bits per heavy atom. The van der Waals surface area contributed by atoms with E-state index in [2.05, 4.69) is 15.5 Å². The molecule has 9 heteroatoms. The fourth-order valence-corrected chi connectivity index (χ4v) is 3.90. The second kappa shape index (κ2) is 10.1. The van der Waals surface area contributed by atoms with Crippen LogP contribution >= 0.6 is 11.8 Å². The number of carbonyl (C=O) groups excluding carboxylic acids is 1. The summed E-state index contributed by atoms with van der Waals surface area (Å²) in [6, 6.07) is 18.9. The second-order valence-corrected chi connectivity index (χ2v) is 7.63. The summed E-state index contributed by atoms with van der Waals surface area (Å²) in [5.74, 6) is 2.63. The summed E-state index contributed by atoms with van der Waals surface area (Å²) < 4.78 is 17.9. The number of furan rings is 1. The van der Waals surface area contributed by atoms with Gasteiger partial charge in [-0.05, 0) is 42.5 Å². The zero-order valence-corrected chi connectivity index (χ0v) is 18.5. The third kappa shape index (κ3) is 4.78. The van der Waals surface area contributed by atoms with Gasteiger partial charge in [0.05, 0.1) is 32.8 Å². The highest BCUT2D eigenvalue weighted by atomic mass is 32.2. The molecular weight excluding hydrogens is 428 g/mol. The van der Waals surface area contributed by atoms with E-state index >= 15 is 0 Å². The first-order chi connectivity index (χ1) is 15.7. The highest BCUT2D eigenvalue weighted by Crippen LogP contribution is 2.34. The van der Waals surface area contributed by atoms with Crippen LogP contribution in [0.4, 0.5) is 0 Å². The second-order valence-electron chi connectivity index (χ2n) is 6.69. The van der Waals surface area contributed by atoms with E-state index in [1.54, 1.807) is 26.5 Å². The average molecular weight is 451 g/mol. The number of methoxy groups -OCH3 is 2. The maximum atomic E-state index is 12.3. The maximum absolute atomic E-state index is 12.3. The van der Waals surface area contributed by atoms with Crippen molar-refractivity contribution >= 4 is 17.7 Å². The van der Waals surface area contributed by atoms with E-state index in [0.717, 1.165) is 11.3 Å². The van der Waals surface area contributed by atoms with Gasteiger partial charge in [0.15, 0.2) is 22.5 Å². The van der Waals surface area contributed by atoms with Crippen LogP contribution in [0.2, 0.25) is 0 Å². The predicted octanol–water partition coefficient (Wildman–Crippen LogP) is 3.95. The monoisotopic (exact) mass is 450 g/mol. The number of nitrogens with zero attached hydrogens (tertiary/aromatic N) is 3. The number of para-hydroxylation sites is 1. The van der Waals surface area contributed by atoms with Crippen LogP contribution in [0, 0.1) is 0 Å². The van der Waals surface area contributed by atoms with Crippen molar-refractivity contribution in [2.45, 2.75) is 11.7 Å². The first-order valence-corrected chi connectivity index (χ1v) is 10.8. The van der Waals surface area contributed by atoms with Gasteiger partial charge in [-0.3, -0.25) is 9.36 Å². The Hall–Kier alpha value is -3.72. The maximum Gasteiger partial charge on any atom is 0.230 e. The minimum absolute atomic E-state index is 0.123. The van der Waals surface area contributed by atoms with Gasteiger partial charge in [0.25, 0.3) is 0 Å². The summed E-state index contributed by atoms with van der Waals surface area (Å²) in [6.45, 7) is 0.342. The van der Waals surface area contributed by atoms with E-state index in [4.69, 9.17) is 13.9 Å². The predicted molar refractivity (Wildman–Crippen MR) is 121 cm³/mol. The molecule has 0 unspecified atom stereocenters. The van der Waals surface area contributed by atoms with Gasteiger partial charge in [-0.15, -0.1) is 10.2 Å². The van der Waals surface area contributed by atoms with Crippen molar-refractivity contribution in [3.63, 3.8) is 0 Å². The van der Waals surface area contributed by atoms with Crippen LogP contribution in [0.25, 0.3) is 17.1 Å². The van der Waals surface area contributed by atoms with Gasteiger partial charge in [0.2, 0.25) is 5.91 Å². The van der Waals surface area contributed by atoms with E-state index in [9.17, 15) is 4.79 Å². The zero-order valence-electron chi connectivity index (χ0n) is 17.6. The highest BCUT2D eigenvalue weighted by molar-refractivity contribution is 7.99. The molecule has 0 aliphatic carbocycles. The fraction of sp³-hybridized carbons (Fsp3) is 0.174. The first kappa shape index (κ1) is 21.5. The molecule has 0 aliphatic heterocycles. The molecule has 0 spiro atoms. The number of benzene rings is 2. The lowest BCUT2D eigenvalue weighted by Gasteiger charge is -2.12. The summed E-state index contributed by atoms with van der Waals surface area (Å²) in [6.07, 6.45) is 1.58. The van der Waals surface area contributed by atoms with Crippen LogP contribution in [0.15, 0.2) is 76.5 Å². The molecule has 0 saturated carbocycles. The molecule has 0 fully saturated rings. The minimum atomic E-state index is -0.123. The molecule has 0 atom stereocenters. The summed E-state index contributed by atoms with van der Waals surface area (Å²) in [5.41, 5.74) is 1.70. The number of hydrogen-bond acceptors (Lipinski definition) is 7. The lowest BCUT2D eigenvalue weighted by Crippen LogP contribution is -2.24. The molecule has 0 aliphatic rings. The summed E-state index contributed by atoms with van der Waals surface area (Å²) >= 11 is 1.31. The molecule has 8 nitrogen and oxygen atoms in total. The van der Waals surface area contributed by atoms with E-state index in [-0.39, 0.29) is 11.7 Å². The third-order valence-electron chi connectivity index (χ3n) is 4.66. The Morgan fingerprint density at radius 3 is 2.56 bits per heavy atom. The number of rotatable bonds is 9. The van der Waals surface area contributed by atoms with Gasteiger partial charge in [-0.2, -0.15) is 0 Å². The van der Waals surface area contributed by atoms with Gasteiger partial charge in [-0.1, -0.05) is 30.0 Å². The van der Waals surface area contributed by atoms with Crippen LogP contribution in [0.3, 0.4) is 0 Å². The SMILES string of the molecule is COc1ccc(-c2nnc(SCC(=O)NCc3ccco3)n2-c2ccccc2)cc1OC. The number of carbonyl (C=O) groups is 1. The van der Waals surface area contributed by atoms with Crippen molar-refractivity contribution in [2.75, 3.05) is 20.0 Å². The molecule has 1 amide bonds. The van der Waals surface area contributed by atoms with Gasteiger partial charge >= 0.3 is 0 Å². The number of hydrogen-bond donors (Lipinski definition) is 1. The highest BCUT2D eigenvalue weighted by Gasteiger charge is 2.18. The number of aromatic nitrogens is 3. The molecule has 32 heavy (non-hydrogen) atoms. The van der Waals surface area contributed by atoms with Gasteiger partial charge in [-0.25, -0.2) is 0 Å². The lowest BCUT2D eigenvalue weighted by atomic mass is 10.2. The molecule has 1 N–H and O–H groups in total. The van der Waals surface area contributed by atoms with Crippen LogP contribution in [-0.2, 0) is 11.3 Å². The van der Waals surface area contributed by atoms with E-state index < -0.39 is 0 Å². The number of thioether (sulfide) groups is 1. The van der Waals surface area contributed by atoms with Crippen molar-refractivity contribution in [1.82, 2.24) is 20.1 Å². The van der Waals surface area contributed by atoms with Gasteiger partial charge in [0.1, 0.15) is 5.76 Å². The van der Waals surface area contributed by atoms with Crippen LogP contribution in [0.1, 0.15) is 5.76 Å². The smallest absolute Gasteiger partial charge is 0.230 e.